The molecule has 0 bridgehead atoms. The largest absolute Gasteiger partial charge is 0.394 e. The third-order valence-corrected chi connectivity index (χ3v) is 3.63. The molecular weight excluding hydrogens is 240 g/mol. The van der Waals surface area contributed by atoms with Crippen molar-refractivity contribution in [1.29, 1.82) is 0 Å². The molecule has 0 heterocycles. The smallest absolute Gasteiger partial charge is 0.234 e. The Labute approximate surface area is 118 Å². The van der Waals surface area contributed by atoms with Crippen LogP contribution in [0.2, 0.25) is 0 Å². The van der Waals surface area contributed by atoms with Crippen molar-refractivity contribution < 1.29 is 9.90 Å². The Morgan fingerprint density at radius 2 is 1.84 bits per heavy atom. The number of hydrogen-bond donors (Lipinski definition) is 2. The lowest BCUT2D eigenvalue weighted by Crippen LogP contribution is -2.49. The van der Waals surface area contributed by atoms with Gasteiger partial charge < -0.3 is 10.4 Å². The average molecular weight is 272 g/mol. The van der Waals surface area contributed by atoms with E-state index in [9.17, 15) is 9.90 Å². The van der Waals surface area contributed by atoms with Gasteiger partial charge >= 0.3 is 0 Å². The van der Waals surface area contributed by atoms with Gasteiger partial charge in [0.2, 0.25) is 5.91 Å². The van der Waals surface area contributed by atoms with Crippen LogP contribution in [-0.4, -0.2) is 47.7 Å². The highest BCUT2D eigenvalue weighted by molar-refractivity contribution is 5.78. The summed E-state index contributed by atoms with van der Waals surface area (Å²) >= 11 is 0. The molecule has 0 aromatic rings. The summed E-state index contributed by atoms with van der Waals surface area (Å²) in [6.07, 6.45) is 3.38. The summed E-state index contributed by atoms with van der Waals surface area (Å²) in [5.41, 5.74) is -0.363. The number of rotatable bonds is 9. The topological polar surface area (TPSA) is 52.6 Å². The Bertz CT molecular complexity index is 265. The first-order valence-corrected chi connectivity index (χ1v) is 7.30. The molecule has 0 aliphatic heterocycles. The minimum atomic E-state index is -0.363. The maximum Gasteiger partial charge on any atom is 0.234 e. The van der Waals surface area contributed by atoms with Gasteiger partial charge in [-0.2, -0.15) is 0 Å². The molecule has 0 saturated carbocycles. The van der Waals surface area contributed by atoms with E-state index < -0.39 is 0 Å². The van der Waals surface area contributed by atoms with Crippen LogP contribution in [0.25, 0.3) is 0 Å². The highest BCUT2D eigenvalue weighted by Gasteiger charge is 2.24. The number of carbonyl (C=O) groups excluding carboxylic acids is 1. The predicted octanol–water partition coefficient (Wildman–Crippen LogP) is 2.02. The number of nitrogens with zero attached hydrogens (tertiary/aromatic N) is 1. The van der Waals surface area contributed by atoms with Crippen molar-refractivity contribution in [1.82, 2.24) is 10.2 Å². The van der Waals surface area contributed by atoms with Crippen LogP contribution in [0.5, 0.6) is 0 Å². The molecule has 0 aliphatic carbocycles. The zero-order chi connectivity index (χ0) is 15.1. The van der Waals surface area contributed by atoms with Crippen molar-refractivity contribution in [2.45, 2.75) is 65.5 Å². The van der Waals surface area contributed by atoms with Crippen LogP contribution in [0.15, 0.2) is 0 Å². The van der Waals surface area contributed by atoms with Crippen LogP contribution < -0.4 is 5.32 Å². The summed E-state index contributed by atoms with van der Waals surface area (Å²) in [6, 6.07) is 0.219. The molecule has 0 rings (SSSR count). The Morgan fingerprint density at radius 3 is 2.32 bits per heavy atom. The fraction of sp³-hybridized carbons (Fsp3) is 0.933. The molecule has 1 atom stereocenters. The highest BCUT2D eigenvalue weighted by atomic mass is 16.3. The van der Waals surface area contributed by atoms with E-state index in [1.807, 2.05) is 25.8 Å². The number of amides is 1. The molecule has 0 spiro atoms. The first-order chi connectivity index (χ1) is 8.69. The Morgan fingerprint density at radius 1 is 1.26 bits per heavy atom. The highest BCUT2D eigenvalue weighted by Crippen LogP contribution is 2.11. The van der Waals surface area contributed by atoms with Gasteiger partial charge in [0.25, 0.3) is 0 Å². The fourth-order valence-electron chi connectivity index (χ4n) is 1.78. The van der Waals surface area contributed by atoms with Crippen LogP contribution in [0.3, 0.4) is 0 Å². The van der Waals surface area contributed by atoms with Crippen molar-refractivity contribution in [3.63, 3.8) is 0 Å². The fourth-order valence-corrected chi connectivity index (χ4v) is 1.78. The van der Waals surface area contributed by atoms with Gasteiger partial charge in [-0.15, -0.1) is 0 Å². The van der Waals surface area contributed by atoms with Gasteiger partial charge in [-0.3, -0.25) is 9.69 Å². The number of hydrogen-bond acceptors (Lipinski definition) is 3. The standard InChI is InChI=1S/C15H32N2O2/c1-12(2)8-7-9-13(3)16-14(19)10-17(6)15(4,5)11-18/h12-13,18H,7-11H2,1-6H3,(H,16,19). The molecule has 4 nitrogen and oxygen atoms in total. The van der Waals surface area contributed by atoms with Gasteiger partial charge in [0, 0.05) is 11.6 Å². The van der Waals surface area contributed by atoms with Crippen LogP contribution in [-0.2, 0) is 4.79 Å². The molecule has 1 amide bonds. The van der Waals surface area contributed by atoms with Crippen LogP contribution in [0, 0.1) is 5.92 Å². The second kappa shape index (κ2) is 8.54. The van der Waals surface area contributed by atoms with E-state index in [-0.39, 0.29) is 24.1 Å². The Hall–Kier alpha value is -0.610. The quantitative estimate of drug-likeness (QED) is 0.675. The molecular formula is C15H32N2O2. The maximum atomic E-state index is 11.9. The zero-order valence-electron chi connectivity index (χ0n) is 13.5. The lowest BCUT2D eigenvalue weighted by molar-refractivity contribution is -0.124. The summed E-state index contributed by atoms with van der Waals surface area (Å²) in [6.45, 7) is 10.7. The monoisotopic (exact) mass is 272 g/mol. The van der Waals surface area contributed by atoms with Crippen molar-refractivity contribution in [2.75, 3.05) is 20.2 Å². The first kappa shape index (κ1) is 18.4. The van der Waals surface area contributed by atoms with E-state index in [2.05, 4.69) is 26.1 Å². The van der Waals surface area contributed by atoms with Gasteiger partial charge in [-0.1, -0.05) is 26.7 Å². The predicted molar refractivity (Wildman–Crippen MR) is 80.1 cm³/mol. The second-order valence-electron chi connectivity index (χ2n) is 6.62. The van der Waals surface area contributed by atoms with Gasteiger partial charge in [0.1, 0.15) is 0 Å². The summed E-state index contributed by atoms with van der Waals surface area (Å²) in [7, 11) is 1.86. The van der Waals surface area contributed by atoms with E-state index in [0.717, 1.165) is 18.8 Å². The number of nitrogens with one attached hydrogen (secondary N) is 1. The molecule has 0 aromatic carbocycles. The van der Waals surface area contributed by atoms with Gasteiger partial charge in [-0.05, 0) is 40.2 Å². The van der Waals surface area contributed by atoms with Crippen molar-refractivity contribution in [3.05, 3.63) is 0 Å². The zero-order valence-corrected chi connectivity index (χ0v) is 13.5. The lowest BCUT2D eigenvalue weighted by atomic mass is 10.0. The molecule has 2 N–H and O–H groups in total. The van der Waals surface area contributed by atoms with Gasteiger partial charge in [0.15, 0.2) is 0 Å². The summed E-state index contributed by atoms with van der Waals surface area (Å²) < 4.78 is 0. The molecule has 0 fully saturated rings. The number of aliphatic hydroxyl groups is 1. The van der Waals surface area contributed by atoms with Crippen molar-refractivity contribution >= 4 is 5.91 Å². The van der Waals surface area contributed by atoms with Crippen LogP contribution >= 0.6 is 0 Å². The molecule has 0 radical (unpaired) electrons. The molecule has 19 heavy (non-hydrogen) atoms. The van der Waals surface area contributed by atoms with Crippen molar-refractivity contribution in [2.24, 2.45) is 5.92 Å². The number of carbonyl (C=O) groups is 1. The van der Waals surface area contributed by atoms with E-state index in [1.165, 1.54) is 6.42 Å². The minimum Gasteiger partial charge on any atom is -0.394 e. The number of aliphatic hydroxyl groups excluding tert-OH is 1. The van der Waals surface area contributed by atoms with Crippen molar-refractivity contribution in [3.8, 4) is 0 Å². The number of likely N-dealkylation sites (N-methyl/N-ethyl adjacent to an activating group) is 1. The molecule has 0 aliphatic rings. The molecule has 0 saturated heterocycles. The summed E-state index contributed by atoms with van der Waals surface area (Å²) in [4.78, 5) is 13.8. The normalized spacial score (nSPS) is 13.9. The van der Waals surface area contributed by atoms with E-state index in [1.54, 1.807) is 0 Å². The molecule has 0 aromatic heterocycles. The third kappa shape index (κ3) is 8.22. The van der Waals surface area contributed by atoms with Gasteiger partial charge in [-0.25, -0.2) is 0 Å². The lowest BCUT2D eigenvalue weighted by Gasteiger charge is -2.33. The summed E-state index contributed by atoms with van der Waals surface area (Å²) in [5, 5.41) is 12.3. The molecule has 4 heteroatoms. The molecule has 114 valence electrons. The Balaban J connectivity index is 3.97. The van der Waals surface area contributed by atoms with Crippen LogP contribution in [0.4, 0.5) is 0 Å². The second-order valence-corrected chi connectivity index (χ2v) is 6.62. The van der Waals surface area contributed by atoms with Gasteiger partial charge in [0.05, 0.1) is 13.2 Å². The Kier molecular flexibility index (Phi) is 8.26. The minimum absolute atomic E-state index is 0.0288. The average Bonchev–Trinajstić information content (AvgIpc) is 2.27. The van der Waals surface area contributed by atoms with Crippen LogP contribution in [0.1, 0.15) is 53.9 Å². The third-order valence-electron chi connectivity index (χ3n) is 3.63. The first-order valence-electron chi connectivity index (χ1n) is 7.30. The molecule has 1 unspecified atom stereocenters. The van der Waals surface area contributed by atoms with E-state index >= 15 is 0 Å². The van der Waals surface area contributed by atoms with E-state index in [0.29, 0.717) is 6.54 Å². The summed E-state index contributed by atoms with van der Waals surface area (Å²) in [5.74, 6) is 0.750. The van der Waals surface area contributed by atoms with E-state index in [4.69, 9.17) is 0 Å². The SMILES string of the molecule is CC(C)CCCC(C)NC(=O)CN(C)C(C)(C)CO. The maximum absolute atomic E-state index is 11.9.